The van der Waals surface area contributed by atoms with E-state index in [2.05, 4.69) is 19.2 Å². The molecule has 0 aliphatic heterocycles. The summed E-state index contributed by atoms with van der Waals surface area (Å²) in [6.45, 7) is 6.74. The van der Waals surface area contributed by atoms with Gasteiger partial charge in [0.25, 0.3) is 0 Å². The Labute approximate surface area is 63.0 Å². The second-order valence-corrected chi connectivity index (χ2v) is 2.57. The maximum atomic E-state index is 10.6. The van der Waals surface area contributed by atoms with E-state index in [1.165, 1.54) is 0 Å². The zero-order valence-corrected chi connectivity index (χ0v) is 7.11. The Morgan fingerprint density at radius 1 is 1.50 bits per heavy atom. The van der Waals surface area contributed by atoms with Crippen molar-refractivity contribution < 1.29 is 4.79 Å². The molecule has 0 aromatic rings. The Balaban J connectivity index is 3.49. The van der Waals surface area contributed by atoms with Crippen LogP contribution < -0.4 is 5.32 Å². The molecule has 10 heavy (non-hydrogen) atoms. The quantitative estimate of drug-likeness (QED) is 0.629. The third-order valence-electron chi connectivity index (χ3n) is 1.52. The van der Waals surface area contributed by atoms with Crippen LogP contribution in [0.2, 0.25) is 0 Å². The number of carbonyl (C=O) groups excluding carboxylic acids is 1. The van der Waals surface area contributed by atoms with Crippen LogP contribution in [0.3, 0.4) is 0 Å². The lowest BCUT2D eigenvalue weighted by Gasteiger charge is -2.12. The number of nitrogens with one attached hydrogen (secondary N) is 1. The van der Waals surface area contributed by atoms with Crippen LogP contribution in [0.4, 0.5) is 0 Å². The molecular weight excluding hydrogens is 126 g/mol. The van der Waals surface area contributed by atoms with Gasteiger partial charge in [-0.05, 0) is 19.9 Å². The highest BCUT2D eigenvalue weighted by Gasteiger charge is 2.05. The van der Waals surface area contributed by atoms with Gasteiger partial charge < -0.3 is 5.32 Å². The Bertz CT molecular complexity index is 101. The van der Waals surface area contributed by atoms with Crippen LogP contribution in [0.25, 0.3) is 0 Å². The first-order valence-electron chi connectivity index (χ1n) is 3.93. The standard InChI is InChI=1S/C8H17NO/c1-4-8(9-5-2)6-7(3)10/h8-9H,4-6H2,1-3H3. The molecule has 1 unspecified atom stereocenters. The summed E-state index contributed by atoms with van der Waals surface area (Å²) in [6.07, 6.45) is 1.71. The first kappa shape index (κ1) is 9.63. The minimum atomic E-state index is 0.271. The van der Waals surface area contributed by atoms with Gasteiger partial charge in [0.05, 0.1) is 0 Å². The van der Waals surface area contributed by atoms with E-state index >= 15 is 0 Å². The smallest absolute Gasteiger partial charge is 0.131 e. The van der Waals surface area contributed by atoms with Gasteiger partial charge in [-0.15, -0.1) is 0 Å². The predicted molar refractivity (Wildman–Crippen MR) is 43.1 cm³/mol. The van der Waals surface area contributed by atoms with Gasteiger partial charge in [0.15, 0.2) is 0 Å². The van der Waals surface area contributed by atoms with Crippen molar-refractivity contribution in [2.45, 2.75) is 39.7 Å². The van der Waals surface area contributed by atoms with E-state index in [1.54, 1.807) is 6.92 Å². The minimum Gasteiger partial charge on any atom is -0.314 e. The number of hydrogen-bond acceptors (Lipinski definition) is 2. The molecule has 0 amide bonds. The third-order valence-corrected chi connectivity index (χ3v) is 1.52. The zero-order chi connectivity index (χ0) is 7.98. The molecule has 0 aromatic heterocycles. The van der Waals surface area contributed by atoms with Gasteiger partial charge in [0, 0.05) is 12.5 Å². The van der Waals surface area contributed by atoms with Gasteiger partial charge in [0.2, 0.25) is 0 Å². The van der Waals surface area contributed by atoms with E-state index in [9.17, 15) is 4.79 Å². The molecule has 0 aliphatic carbocycles. The Hall–Kier alpha value is -0.370. The van der Waals surface area contributed by atoms with Gasteiger partial charge in [-0.2, -0.15) is 0 Å². The summed E-state index contributed by atoms with van der Waals surface area (Å²) in [5, 5.41) is 3.24. The van der Waals surface area contributed by atoms with Gasteiger partial charge in [-0.1, -0.05) is 13.8 Å². The molecule has 0 saturated heterocycles. The Morgan fingerprint density at radius 3 is 2.40 bits per heavy atom. The van der Waals surface area contributed by atoms with Crippen LogP contribution in [-0.4, -0.2) is 18.4 Å². The third kappa shape index (κ3) is 4.50. The fourth-order valence-electron chi connectivity index (χ4n) is 0.997. The van der Waals surface area contributed by atoms with E-state index in [-0.39, 0.29) is 5.78 Å². The number of carbonyl (C=O) groups is 1. The molecule has 0 saturated carbocycles. The van der Waals surface area contributed by atoms with Gasteiger partial charge in [-0.25, -0.2) is 0 Å². The molecule has 0 rings (SSSR count). The number of ketones is 1. The maximum absolute atomic E-state index is 10.6. The summed E-state index contributed by atoms with van der Waals surface area (Å²) in [5.41, 5.74) is 0. The molecule has 0 bridgehead atoms. The van der Waals surface area contributed by atoms with E-state index < -0.39 is 0 Å². The van der Waals surface area contributed by atoms with E-state index in [4.69, 9.17) is 0 Å². The molecule has 2 heteroatoms. The normalized spacial score (nSPS) is 13.1. The minimum absolute atomic E-state index is 0.271. The lowest BCUT2D eigenvalue weighted by molar-refractivity contribution is -0.117. The van der Waals surface area contributed by atoms with Gasteiger partial charge >= 0.3 is 0 Å². The Kier molecular flexibility index (Phi) is 5.22. The predicted octanol–water partition coefficient (Wildman–Crippen LogP) is 1.35. The first-order valence-corrected chi connectivity index (χ1v) is 3.93. The maximum Gasteiger partial charge on any atom is 0.131 e. The highest BCUT2D eigenvalue weighted by atomic mass is 16.1. The van der Waals surface area contributed by atoms with Crippen molar-refractivity contribution in [3.63, 3.8) is 0 Å². The highest BCUT2D eigenvalue weighted by Crippen LogP contribution is 1.96. The van der Waals surface area contributed by atoms with E-state index in [0.29, 0.717) is 12.5 Å². The van der Waals surface area contributed by atoms with Crippen LogP contribution in [0, 0.1) is 0 Å². The van der Waals surface area contributed by atoms with Gasteiger partial charge in [0.1, 0.15) is 5.78 Å². The SMILES string of the molecule is CCNC(CC)CC(C)=O. The van der Waals surface area contributed by atoms with Crippen molar-refractivity contribution in [2.75, 3.05) is 6.54 Å². The average Bonchev–Trinajstić information content (AvgIpc) is 1.86. The second kappa shape index (κ2) is 5.42. The highest BCUT2D eigenvalue weighted by molar-refractivity contribution is 5.76. The summed E-state index contributed by atoms with van der Waals surface area (Å²) in [4.78, 5) is 10.6. The molecular formula is C8H17NO. The topological polar surface area (TPSA) is 29.1 Å². The molecule has 1 N–H and O–H groups in total. The van der Waals surface area contributed by atoms with Crippen LogP contribution in [-0.2, 0) is 4.79 Å². The van der Waals surface area contributed by atoms with Crippen LogP contribution in [0.5, 0.6) is 0 Å². The lowest BCUT2D eigenvalue weighted by atomic mass is 10.1. The number of rotatable bonds is 5. The molecule has 0 spiro atoms. The van der Waals surface area contributed by atoms with Crippen molar-refractivity contribution in [1.82, 2.24) is 5.32 Å². The summed E-state index contributed by atoms with van der Waals surface area (Å²) >= 11 is 0. The fourth-order valence-corrected chi connectivity index (χ4v) is 0.997. The van der Waals surface area contributed by atoms with Crippen molar-refractivity contribution in [1.29, 1.82) is 0 Å². The van der Waals surface area contributed by atoms with Crippen molar-refractivity contribution >= 4 is 5.78 Å². The average molecular weight is 143 g/mol. The Morgan fingerprint density at radius 2 is 2.10 bits per heavy atom. The number of hydrogen-bond donors (Lipinski definition) is 1. The summed E-state index contributed by atoms with van der Waals surface area (Å²) < 4.78 is 0. The van der Waals surface area contributed by atoms with Crippen LogP contribution in [0.15, 0.2) is 0 Å². The molecule has 0 aliphatic rings. The zero-order valence-electron chi connectivity index (χ0n) is 7.11. The molecule has 2 nitrogen and oxygen atoms in total. The lowest BCUT2D eigenvalue weighted by Crippen LogP contribution is -2.29. The fraction of sp³-hybridized carbons (Fsp3) is 0.875. The van der Waals surface area contributed by atoms with Gasteiger partial charge in [-0.3, -0.25) is 4.79 Å². The van der Waals surface area contributed by atoms with Crippen molar-refractivity contribution in [3.05, 3.63) is 0 Å². The molecule has 0 fully saturated rings. The van der Waals surface area contributed by atoms with Crippen molar-refractivity contribution in [3.8, 4) is 0 Å². The molecule has 1 atom stereocenters. The summed E-state index contributed by atoms with van der Waals surface area (Å²) in [6, 6.07) is 0.391. The van der Waals surface area contributed by atoms with E-state index in [1.807, 2.05) is 0 Å². The molecule has 0 heterocycles. The van der Waals surface area contributed by atoms with Crippen LogP contribution in [0.1, 0.15) is 33.6 Å². The summed E-state index contributed by atoms with van der Waals surface area (Å²) in [5.74, 6) is 0.271. The second-order valence-electron chi connectivity index (χ2n) is 2.57. The molecule has 0 radical (unpaired) electrons. The number of Topliss-reactive ketones (excluding diaryl/α,β-unsaturated/α-hetero) is 1. The summed E-state index contributed by atoms with van der Waals surface area (Å²) in [7, 11) is 0. The van der Waals surface area contributed by atoms with E-state index in [0.717, 1.165) is 13.0 Å². The monoisotopic (exact) mass is 143 g/mol. The van der Waals surface area contributed by atoms with Crippen LogP contribution >= 0.6 is 0 Å². The molecule has 60 valence electrons. The first-order chi connectivity index (χ1) is 4.70. The molecule has 0 aromatic carbocycles. The largest absolute Gasteiger partial charge is 0.314 e. The van der Waals surface area contributed by atoms with Crippen molar-refractivity contribution in [2.24, 2.45) is 0 Å².